The molecule has 192 valence electrons. The van der Waals surface area contributed by atoms with Gasteiger partial charge in [-0.15, -0.1) is 0 Å². The summed E-state index contributed by atoms with van der Waals surface area (Å²) < 4.78 is 0. The van der Waals surface area contributed by atoms with Crippen molar-refractivity contribution in [2.45, 2.75) is 57.9 Å². The summed E-state index contributed by atoms with van der Waals surface area (Å²) in [6.45, 7) is 3.91. The summed E-state index contributed by atoms with van der Waals surface area (Å²) in [5, 5.41) is 5.85. The highest BCUT2D eigenvalue weighted by Crippen LogP contribution is 2.27. The Morgan fingerprint density at radius 3 is 2.68 bits per heavy atom. The molecule has 1 saturated heterocycles. The lowest BCUT2D eigenvalue weighted by atomic mass is 9.93. The molecule has 8 nitrogen and oxygen atoms in total. The van der Waals surface area contributed by atoms with Crippen LogP contribution in [0.3, 0.4) is 0 Å². The van der Waals surface area contributed by atoms with Gasteiger partial charge < -0.3 is 5.32 Å². The maximum Gasteiger partial charge on any atom is 0.278 e. The third-order valence-corrected chi connectivity index (χ3v) is 7.08. The van der Waals surface area contributed by atoms with Crippen LogP contribution in [0.5, 0.6) is 0 Å². The van der Waals surface area contributed by atoms with Gasteiger partial charge in [0, 0.05) is 36.0 Å². The van der Waals surface area contributed by atoms with E-state index in [1.807, 2.05) is 50.2 Å². The van der Waals surface area contributed by atoms with Gasteiger partial charge in [-0.25, -0.2) is 0 Å². The molecule has 1 fully saturated rings. The maximum atomic E-state index is 12.9. The molecule has 0 radical (unpaired) electrons. The SMILES string of the molecule is Cc1cc(CCC(=O)CC(C)c2cccc(NC3=CC(=O)N(C4CCC(=O)NC4=O)C3=O)c2)ccc1Cl. The first-order valence-electron chi connectivity index (χ1n) is 12.2. The first kappa shape index (κ1) is 26.3. The zero-order valence-corrected chi connectivity index (χ0v) is 21.4. The third-order valence-electron chi connectivity index (χ3n) is 6.66. The van der Waals surface area contributed by atoms with Crippen molar-refractivity contribution < 1.29 is 24.0 Å². The Balaban J connectivity index is 1.35. The number of anilines is 1. The zero-order valence-electron chi connectivity index (χ0n) is 20.7. The quantitative estimate of drug-likeness (QED) is 0.485. The fourth-order valence-corrected chi connectivity index (χ4v) is 4.70. The van der Waals surface area contributed by atoms with Crippen molar-refractivity contribution in [2.24, 2.45) is 0 Å². The molecular weight excluding hydrogens is 494 g/mol. The van der Waals surface area contributed by atoms with Crippen LogP contribution in [0.25, 0.3) is 0 Å². The molecule has 37 heavy (non-hydrogen) atoms. The molecule has 9 heteroatoms. The Morgan fingerprint density at radius 1 is 1.16 bits per heavy atom. The van der Waals surface area contributed by atoms with E-state index >= 15 is 0 Å². The number of nitrogens with one attached hydrogen (secondary N) is 2. The van der Waals surface area contributed by atoms with Crippen LogP contribution in [0.2, 0.25) is 5.02 Å². The minimum Gasteiger partial charge on any atom is -0.351 e. The fourth-order valence-electron chi connectivity index (χ4n) is 4.58. The van der Waals surface area contributed by atoms with Gasteiger partial charge in [0.05, 0.1) is 0 Å². The third kappa shape index (κ3) is 6.14. The smallest absolute Gasteiger partial charge is 0.278 e. The molecule has 0 aromatic heterocycles. The molecule has 0 saturated carbocycles. The zero-order chi connectivity index (χ0) is 26.7. The Bertz CT molecular complexity index is 1320. The van der Waals surface area contributed by atoms with Gasteiger partial charge in [-0.3, -0.25) is 34.2 Å². The summed E-state index contributed by atoms with van der Waals surface area (Å²) in [5.41, 5.74) is 3.62. The molecule has 4 rings (SSSR count). The first-order valence-corrected chi connectivity index (χ1v) is 12.6. The number of Topliss-reactive ketones (excluding diaryl/α,β-unsaturated/α-hetero) is 1. The number of rotatable bonds is 9. The number of amides is 4. The van der Waals surface area contributed by atoms with Crippen molar-refractivity contribution in [3.63, 3.8) is 0 Å². The molecule has 2 aliphatic rings. The lowest BCUT2D eigenvalue weighted by Gasteiger charge is -2.28. The van der Waals surface area contributed by atoms with Gasteiger partial charge in [-0.05, 0) is 60.6 Å². The van der Waals surface area contributed by atoms with Crippen LogP contribution in [-0.2, 0) is 30.4 Å². The number of carbonyl (C=O) groups is 5. The van der Waals surface area contributed by atoms with Gasteiger partial charge in [0.1, 0.15) is 17.5 Å². The Kier molecular flexibility index (Phi) is 7.88. The van der Waals surface area contributed by atoms with Gasteiger partial charge in [0.2, 0.25) is 11.8 Å². The first-order chi connectivity index (χ1) is 17.6. The number of piperidine rings is 1. The molecule has 0 bridgehead atoms. The monoisotopic (exact) mass is 521 g/mol. The topological polar surface area (TPSA) is 113 Å². The lowest BCUT2D eigenvalue weighted by molar-refractivity contribution is -0.149. The molecule has 2 heterocycles. The highest BCUT2D eigenvalue weighted by atomic mass is 35.5. The second-order valence-corrected chi connectivity index (χ2v) is 9.92. The Hall–Kier alpha value is -3.78. The average molecular weight is 522 g/mol. The number of hydrogen-bond acceptors (Lipinski definition) is 6. The number of nitrogens with zero attached hydrogens (tertiary/aromatic N) is 1. The maximum absolute atomic E-state index is 12.9. The van der Waals surface area contributed by atoms with Gasteiger partial charge in [-0.1, -0.05) is 42.8 Å². The summed E-state index contributed by atoms with van der Waals surface area (Å²) in [6, 6.07) is 12.1. The van der Waals surface area contributed by atoms with Crippen molar-refractivity contribution >= 4 is 46.7 Å². The van der Waals surface area contributed by atoms with E-state index in [4.69, 9.17) is 11.6 Å². The van der Waals surface area contributed by atoms with Crippen molar-refractivity contribution in [3.8, 4) is 0 Å². The fraction of sp³-hybridized carbons (Fsp3) is 0.321. The van der Waals surface area contributed by atoms with Crippen molar-refractivity contribution in [1.29, 1.82) is 0 Å². The number of carbonyl (C=O) groups excluding carboxylic acids is 5. The largest absolute Gasteiger partial charge is 0.351 e. The van der Waals surface area contributed by atoms with E-state index in [0.29, 0.717) is 30.0 Å². The summed E-state index contributed by atoms with van der Waals surface area (Å²) in [5.74, 6) is -2.19. The normalized spacial score (nSPS) is 18.5. The lowest BCUT2D eigenvalue weighted by Crippen LogP contribution is -2.54. The Morgan fingerprint density at radius 2 is 1.95 bits per heavy atom. The summed E-state index contributed by atoms with van der Waals surface area (Å²) in [7, 11) is 0. The molecule has 0 aliphatic carbocycles. The number of benzene rings is 2. The van der Waals surface area contributed by atoms with Crippen LogP contribution < -0.4 is 10.6 Å². The van der Waals surface area contributed by atoms with Gasteiger partial charge in [-0.2, -0.15) is 0 Å². The molecule has 2 aromatic rings. The van der Waals surface area contributed by atoms with Gasteiger partial charge in [0.15, 0.2) is 0 Å². The van der Waals surface area contributed by atoms with E-state index in [-0.39, 0.29) is 30.2 Å². The molecule has 2 aromatic carbocycles. The number of halogens is 1. The van der Waals surface area contributed by atoms with E-state index in [1.54, 1.807) is 6.07 Å². The highest BCUT2D eigenvalue weighted by Gasteiger charge is 2.42. The molecular formula is C28H28ClN3O5. The van der Waals surface area contributed by atoms with Crippen LogP contribution in [0, 0.1) is 6.92 Å². The summed E-state index contributed by atoms with van der Waals surface area (Å²) in [6.07, 6.45) is 2.78. The summed E-state index contributed by atoms with van der Waals surface area (Å²) in [4.78, 5) is 62.5. The van der Waals surface area contributed by atoms with E-state index in [9.17, 15) is 24.0 Å². The number of aryl methyl sites for hydroxylation is 2. The Labute approximate surface area is 220 Å². The van der Waals surface area contributed by atoms with Gasteiger partial charge >= 0.3 is 0 Å². The van der Waals surface area contributed by atoms with Crippen LogP contribution in [0.1, 0.15) is 55.2 Å². The molecule has 2 aliphatic heterocycles. The predicted molar refractivity (Wildman–Crippen MR) is 139 cm³/mol. The molecule has 2 unspecified atom stereocenters. The van der Waals surface area contributed by atoms with Crippen molar-refractivity contribution in [1.82, 2.24) is 10.2 Å². The number of ketones is 1. The van der Waals surface area contributed by atoms with E-state index in [0.717, 1.165) is 27.7 Å². The molecule has 2 atom stereocenters. The minimum atomic E-state index is -1.01. The number of hydrogen-bond donors (Lipinski definition) is 2. The van der Waals surface area contributed by atoms with Crippen LogP contribution in [-0.4, -0.2) is 40.4 Å². The van der Waals surface area contributed by atoms with Crippen LogP contribution in [0.4, 0.5) is 5.69 Å². The van der Waals surface area contributed by atoms with E-state index < -0.39 is 29.7 Å². The predicted octanol–water partition coefficient (Wildman–Crippen LogP) is 3.81. The van der Waals surface area contributed by atoms with Crippen molar-refractivity contribution in [3.05, 3.63) is 76.0 Å². The highest BCUT2D eigenvalue weighted by molar-refractivity contribution is 6.31. The number of imide groups is 2. The van der Waals surface area contributed by atoms with E-state index in [2.05, 4.69) is 10.6 Å². The van der Waals surface area contributed by atoms with E-state index in [1.165, 1.54) is 0 Å². The van der Waals surface area contributed by atoms with Gasteiger partial charge in [0.25, 0.3) is 11.8 Å². The summed E-state index contributed by atoms with van der Waals surface area (Å²) >= 11 is 6.07. The molecule has 0 spiro atoms. The standard InChI is InChI=1S/C28H28ClN3O5/c1-16(13-21(33)8-6-18-7-9-22(29)17(2)12-18)19-4-3-5-20(14-19)30-23-15-26(35)32(28(23)37)24-10-11-25(34)31-27(24)36/h3-5,7,9,12,14-16,24,30H,6,8,10-11,13H2,1-2H3,(H,31,34,36). The second kappa shape index (κ2) is 11.1. The van der Waals surface area contributed by atoms with Crippen LogP contribution in [0.15, 0.2) is 54.2 Å². The molecule has 4 amide bonds. The van der Waals surface area contributed by atoms with Crippen LogP contribution >= 0.6 is 11.6 Å². The second-order valence-electron chi connectivity index (χ2n) is 9.52. The minimum absolute atomic E-state index is 0.0453. The average Bonchev–Trinajstić information content (AvgIpc) is 3.12. The van der Waals surface area contributed by atoms with Crippen molar-refractivity contribution in [2.75, 3.05) is 5.32 Å². The molecule has 2 N–H and O–H groups in total.